The number of amides is 1. The molecule has 1 amide bonds. The maximum Gasteiger partial charge on any atom is 0.259 e. The maximum absolute atomic E-state index is 12.1. The number of nitrogens with one attached hydrogen (secondary N) is 1. The highest BCUT2D eigenvalue weighted by molar-refractivity contribution is 6.05. The predicted molar refractivity (Wildman–Crippen MR) is 68.7 cm³/mol. The fourth-order valence-electron chi connectivity index (χ4n) is 1.70. The van der Waals surface area contributed by atoms with Crippen molar-refractivity contribution in [1.29, 1.82) is 0 Å². The molecule has 2 N–H and O–H groups in total. The summed E-state index contributed by atoms with van der Waals surface area (Å²) in [7, 11) is 1.79. The quantitative estimate of drug-likeness (QED) is 0.795. The van der Waals surface area contributed by atoms with Gasteiger partial charge in [0.15, 0.2) is 0 Å². The molecule has 0 atom stereocenters. The first-order valence-electron chi connectivity index (χ1n) is 5.58. The van der Waals surface area contributed by atoms with Gasteiger partial charge in [0.25, 0.3) is 5.91 Å². The Morgan fingerprint density at radius 2 is 2.11 bits per heavy atom. The van der Waals surface area contributed by atoms with Gasteiger partial charge in [-0.1, -0.05) is 0 Å². The number of hydrogen-bond donors (Lipinski definition) is 2. The van der Waals surface area contributed by atoms with Crippen LogP contribution in [0.1, 0.15) is 21.6 Å². The number of hydrogen-bond acceptors (Lipinski definition) is 3. The molecule has 0 aliphatic carbocycles. The Hall–Kier alpha value is -2.30. The van der Waals surface area contributed by atoms with Crippen LogP contribution in [0.25, 0.3) is 0 Å². The third-order valence-electron chi connectivity index (χ3n) is 2.94. The van der Waals surface area contributed by atoms with E-state index in [1.807, 2.05) is 13.8 Å². The summed E-state index contributed by atoms with van der Waals surface area (Å²) < 4.78 is 1.65. The summed E-state index contributed by atoms with van der Waals surface area (Å²) in [6.07, 6.45) is 1.54. The van der Waals surface area contributed by atoms with E-state index in [4.69, 9.17) is 0 Å². The average Bonchev–Trinajstić information content (AvgIpc) is 2.64. The van der Waals surface area contributed by atoms with Crippen LogP contribution in [0.5, 0.6) is 5.75 Å². The molecular formula is C13H15N3O2. The van der Waals surface area contributed by atoms with Crippen molar-refractivity contribution in [2.45, 2.75) is 13.8 Å². The molecule has 2 aromatic rings. The van der Waals surface area contributed by atoms with Crippen molar-refractivity contribution in [3.05, 3.63) is 41.2 Å². The van der Waals surface area contributed by atoms with Crippen molar-refractivity contribution >= 4 is 11.6 Å². The van der Waals surface area contributed by atoms with Gasteiger partial charge in [-0.05, 0) is 37.6 Å². The largest absolute Gasteiger partial charge is 0.508 e. The number of benzene rings is 1. The molecule has 1 aromatic carbocycles. The molecule has 5 heteroatoms. The Bertz CT molecular complexity index is 602. The molecule has 0 saturated heterocycles. The van der Waals surface area contributed by atoms with Crippen LogP contribution in [0.2, 0.25) is 0 Å². The maximum atomic E-state index is 12.1. The Kier molecular flexibility index (Phi) is 3.06. The molecule has 0 radical (unpaired) electrons. The monoisotopic (exact) mass is 245 g/mol. The highest BCUT2D eigenvalue weighted by Crippen LogP contribution is 2.21. The number of carbonyl (C=O) groups is 1. The first kappa shape index (κ1) is 12.2. The van der Waals surface area contributed by atoms with E-state index in [1.165, 1.54) is 0 Å². The van der Waals surface area contributed by atoms with Crippen molar-refractivity contribution in [3.63, 3.8) is 0 Å². The smallest absolute Gasteiger partial charge is 0.259 e. The second-order valence-electron chi connectivity index (χ2n) is 4.22. The zero-order valence-corrected chi connectivity index (χ0v) is 10.6. The molecule has 1 aromatic heterocycles. The van der Waals surface area contributed by atoms with E-state index in [-0.39, 0.29) is 11.7 Å². The molecule has 2 rings (SSSR count). The summed E-state index contributed by atoms with van der Waals surface area (Å²) in [6, 6.07) is 4.82. The lowest BCUT2D eigenvalue weighted by molar-refractivity contribution is 0.102. The van der Waals surface area contributed by atoms with Gasteiger partial charge in [0.1, 0.15) is 5.75 Å². The summed E-state index contributed by atoms with van der Waals surface area (Å²) in [5, 5.41) is 16.1. The third-order valence-corrected chi connectivity index (χ3v) is 2.94. The van der Waals surface area contributed by atoms with Crippen LogP contribution >= 0.6 is 0 Å². The fraction of sp³-hybridized carbons (Fsp3) is 0.231. The van der Waals surface area contributed by atoms with Gasteiger partial charge >= 0.3 is 0 Å². The Morgan fingerprint density at radius 3 is 2.67 bits per heavy atom. The number of anilines is 1. The number of nitrogens with zero attached hydrogens (tertiary/aromatic N) is 2. The van der Waals surface area contributed by atoms with Gasteiger partial charge in [-0.25, -0.2) is 0 Å². The zero-order valence-electron chi connectivity index (χ0n) is 10.6. The first-order chi connectivity index (χ1) is 8.49. The number of phenolic OH excluding ortho intramolecular Hbond substituents is 1. The average molecular weight is 245 g/mol. The fourth-order valence-corrected chi connectivity index (χ4v) is 1.70. The number of aromatic hydroxyl groups is 1. The van der Waals surface area contributed by atoms with Gasteiger partial charge < -0.3 is 10.4 Å². The molecular weight excluding hydrogens is 230 g/mol. The molecule has 18 heavy (non-hydrogen) atoms. The van der Waals surface area contributed by atoms with E-state index in [1.54, 1.807) is 36.1 Å². The zero-order chi connectivity index (χ0) is 13.3. The van der Waals surface area contributed by atoms with Crippen LogP contribution in [-0.2, 0) is 7.05 Å². The molecule has 94 valence electrons. The molecule has 0 aliphatic rings. The minimum Gasteiger partial charge on any atom is -0.508 e. The highest BCUT2D eigenvalue weighted by atomic mass is 16.3. The minimum atomic E-state index is -0.200. The summed E-state index contributed by atoms with van der Waals surface area (Å²) in [6.45, 7) is 3.66. The molecule has 5 nitrogen and oxygen atoms in total. The number of aryl methyl sites for hydroxylation is 2. The van der Waals surface area contributed by atoms with Crippen LogP contribution in [0.3, 0.4) is 0 Å². The highest BCUT2D eigenvalue weighted by Gasteiger charge is 2.13. The van der Waals surface area contributed by atoms with Crippen LogP contribution in [0.4, 0.5) is 5.69 Å². The summed E-state index contributed by atoms with van der Waals surface area (Å²) in [5.41, 5.74) is 2.85. The summed E-state index contributed by atoms with van der Waals surface area (Å²) in [5.74, 6) is -0.0163. The molecule has 0 saturated carbocycles. The number of aromatic nitrogens is 2. The van der Waals surface area contributed by atoms with Crippen molar-refractivity contribution < 1.29 is 9.90 Å². The van der Waals surface area contributed by atoms with E-state index >= 15 is 0 Å². The van der Waals surface area contributed by atoms with Gasteiger partial charge in [-0.2, -0.15) is 5.10 Å². The Morgan fingerprint density at radius 1 is 1.39 bits per heavy atom. The predicted octanol–water partition coefficient (Wildman–Crippen LogP) is 1.99. The van der Waals surface area contributed by atoms with E-state index in [0.29, 0.717) is 11.3 Å². The van der Waals surface area contributed by atoms with Gasteiger partial charge in [-0.3, -0.25) is 9.48 Å². The van der Waals surface area contributed by atoms with E-state index in [2.05, 4.69) is 10.4 Å². The van der Waals surface area contributed by atoms with E-state index in [9.17, 15) is 9.90 Å². The van der Waals surface area contributed by atoms with Crippen LogP contribution < -0.4 is 5.32 Å². The second-order valence-corrected chi connectivity index (χ2v) is 4.22. The summed E-state index contributed by atoms with van der Waals surface area (Å²) in [4.78, 5) is 12.1. The van der Waals surface area contributed by atoms with E-state index in [0.717, 1.165) is 11.3 Å². The SMILES string of the molecule is Cc1cc(O)ccc1NC(=O)c1cnn(C)c1C. The lowest BCUT2D eigenvalue weighted by Crippen LogP contribution is -2.13. The standard InChI is InChI=1S/C13H15N3O2/c1-8-6-10(17)4-5-12(8)15-13(18)11-7-14-16(3)9(11)2/h4-7,17H,1-3H3,(H,15,18). The molecule has 0 fully saturated rings. The lowest BCUT2D eigenvalue weighted by Gasteiger charge is -2.08. The number of rotatable bonds is 2. The normalized spacial score (nSPS) is 10.4. The minimum absolute atomic E-state index is 0.183. The molecule has 1 heterocycles. The lowest BCUT2D eigenvalue weighted by atomic mass is 10.1. The number of phenols is 1. The van der Waals surface area contributed by atoms with Gasteiger partial charge in [-0.15, -0.1) is 0 Å². The van der Waals surface area contributed by atoms with Gasteiger partial charge in [0.2, 0.25) is 0 Å². The third kappa shape index (κ3) is 2.20. The summed E-state index contributed by atoms with van der Waals surface area (Å²) >= 11 is 0. The molecule has 0 spiro atoms. The molecule has 0 bridgehead atoms. The van der Waals surface area contributed by atoms with E-state index < -0.39 is 0 Å². The van der Waals surface area contributed by atoms with Crippen molar-refractivity contribution in [2.75, 3.05) is 5.32 Å². The molecule has 0 unspecified atom stereocenters. The van der Waals surface area contributed by atoms with Gasteiger partial charge in [0, 0.05) is 18.4 Å². The molecule has 0 aliphatic heterocycles. The number of carbonyl (C=O) groups excluding carboxylic acids is 1. The van der Waals surface area contributed by atoms with Crippen molar-refractivity contribution in [2.24, 2.45) is 7.05 Å². The second kappa shape index (κ2) is 4.52. The Labute approximate surface area is 105 Å². The first-order valence-corrected chi connectivity index (χ1v) is 5.58. The topological polar surface area (TPSA) is 67.2 Å². The van der Waals surface area contributed by atoms with Crippen LogP contribution in [0, 0.1) is 13.8 Å². The Balaban J connectivity index is 2.24. The van der Waals surface area contributed by atoms with Gasteiger partial charge in [0.05, 0.1) is 11.8 Å². The van der Waals surface area contributed by atoms with Crippen molar-refractivity contribution in [3.8, 4) is 5.75 Å². The van der Waals surface area contributed by atoms with Crippen LogP contribution in [0.15, 0.2) is 24.4 Å². The van der Waals surface area contributed by atoms with Crippen molar-refractivity contribution in [1.82, 2.24) is 9.78 Å². The van der Waals surface area contributed by atoms with Crippen LogP contribution in [-0.4, -0.2) is 20.8 Å².